The van der Waals surface area contributed by atoms with E-state index in [-0.39, 0.29) is 5.91 Å². The first kappa shape index (κ1) is 17.3. The first-order chi connectivity index (χ1) is 10.2. The maximum atomic E-state index is 12.6. The molecule has 0 saturated heterocycles. The third-order valence-electron chi connectivity index (χ3n) is 3.12. The molecular formula is C15H24N2O4. The van der Waals surface area contributed by atoms with Crippen LogP contribution in [-0.2, 0) is 4.74 Å². The Bertz CT molecular complexity index is 443. The van der Waals surface area contributed by atoms with Gasteiger partial charge in [-0.1, -0.05) is 0 Å². The van der Waals surface area contributed by atoms with Gasteiger partial charge in [0.05, 0.1) is 20.8 Å². The smallest absolute Gasteiger partial charge is 0.254 e. The summed E-state index contributed by atoms with van der Waals surface area (Å²) in [6.07, 6.45) is 0.753. The van der Waals surface area contributed by atoms with Crippen molar-refractivity contribution in [3.63, 3.8) is 0 Å². The minimum Gasteiger partial charge on any atom is -0.493 e. The lowest BCUT2D eigenvalue weighted by Crippen LogP contribution is -2.35. The number of rotatable bonds is 9. The fourth-order valence-electron chi connectivity index (χ4n) is 1.95. The predicted octanol–water partition coefficient (Wildman–Crippen LogP) is 1.14. The molecule has 1 aromatic rings. The average Bonchev–Trinajstić information content (AvgIpc) is 2.53. The first-order valence-corrected chi connectivity index (χ1v) is 6.88. The maximum Gasteiger partial charge on any atom is 0.254 e. The summed E-state index contributed by atoms with van der Waals surface area (Å²) in [4.78, 5) is 14.3. The van der Waals surface area contributed by atoms with Crippen molar-refractivity contribution in [2.45, 2.75) is 6.42 Å². The first-order valence-electron chi connectivity index (χ1n) is 6.88. The van der Waals surface area contributed by atoms with E-state index in [2.05, 4.69) is 0 Å². The standard InChI is InChI=1S/C15H24N2O4/c1-19-10-9-17(8-4-7-16)15(18)12-5-6-13(20-2)14(11-12)21-3/h5-6,11H,4,7-10,16H2,1-3H3. The molecule has 0 saturated carbocycles. The van der Waals surface area contributed by atoms with Crippen molar-refractivity contribution in [1.82, 2.24) is 4.90 Å². The molecule has 21 heavy (non-hydrogen) atoms. The highest BCUT2D eigenvalue weighted by Gasteiger charge is 2.17. The third-order valence-corrected chi connectivity index (χ3v) is 3.12. The topological polar surface area (TPSA) is 74.0 Å². The Morgan fingerprint density at radius 1 is 1.14 bits per heavy atom. The van der Waals surface area contributed by atoms with E-state index in [0.29, 0.717) is 43.3 Å². The second-order valence-electron chi connectivity index (χ2n) is 4.50. The Morgan fingerprint density at radius 3 is 2.43 bits per heavy atom. The third kappa shape index (κ3) is 4.91. The fourth-order valence-corrected chi connectivity index (χ4v) is 1.95. The zero-order valence-electron chi connectivity index (χ0n) is 12.9. The summed E-state index contributed by atoms with van der Waals surface area (Å²) in [6.45, 7) is 2.17. The fraction of sp³-hybridized carbons (Fsp3) is 0.533. The molecule has 0 spiro atoms. The van der Waals surface area contributed by atoms with E-state index < -0.39 is 0 Å². The second kappa shape index (κ2) is 9.20. The lowest BCUT2D eigenvalue weighted by molar-refractivity contribution is 0.0694. The molecule has 0 aromatic heterocycles. The Hall–Kier alpha value is -1.79. The number of carbonyl (C=O) groups excluding carboxylic acids is 1. The van der Waals surface area contributed by atoms with Crippen LogP contribution >= 0.6 is 0 Å². The number of nitrogens with zero attached hydrogens (tertiary/aromatic N) is 1. The summed E-state index contributed by atoms with van der Waals surface area (Å²) in [6, 6.07) is 5.14. The van der Waals surface area contributed by atoms with E-state index in [4.69, 9.17) is 19.9 Å². The molecule has 0 bridgehead atoms. The van der Waals surface area contributed by atoms with Gasteiger partial charge in [0.15, 0.2) is 11.5 Å². The van der Waals surface area contributed by atoms with Gasteiger partial charge in [-0.15, -0.1) is 0 Å². The van der Waals surface area contributed by atoms with Gasteiger partial charge in [-0.25, -0.2) is 0 Å². The van der Waals surface area contributed by atoms with Crippen molar-refractivity contribution in [2.24, 2.45) is 5.73 Å². The summed E-state index contributed by atoms with van der Waals surface area (Å²) >= 11 is 0. The molecule has 1 aromatic carbocycles. The predicted molar refractivity (Wildman–Crippen MR) is 81.0 cm³/mol. The van der Waals surface area contributed by atoms with Crippen LogP contribution in [0, 0.1) is 0 Å². The van der Waals surface area contributed by atoms with E-state index >= 15 is 0 Å². The van der Waals surface area contributed by atoms with Gasteiger partial charge < -0.3 is 24.8 Å². The van der Waals surface area contributed by atoms with Crippen LogP contribution in [0.5, 0.6) is 11.5 Å². The number of ether oxygens (including phenoxy) is 3. The Balaban J connectivity index is 2.91. The minimum absolute atomic E-state index is 0.0681. The molecule has 0 radical (unpaired) electrons. The number of hydrogen-bond donors (Lipinski definition) is 1. The van der Waals surface area contributed by atoms with Crippen LogP contribution in [0.4, 0.5) is 0 Å². The van der Waals surface area contributed by atoms with Gasteiger partial charge in [0.1, 0.15) is 0 Å². The van der Waals surface area contributed by atoms with Crippen LogP contribution in [0.25, 0.3) is 0 Å². The van der Waals surface area contributed by atoms with Crippen LogP contribution in [-0.4, -0.2) is 58.4 Å². The van der Waals surface area contributed by atoms with Gasteiger partial charge >= 0.3 is 0 Å². The molecule has 0 aliphatic heterocycles. The largest absolute Gasteiger partial charge is 0.493 e. The molecule has 118 valence electrons. The molecular weight excluding hydrogens is 272 g/mol. The molecule has 1 rings (SSSR count). The number of benzene rings is 1. The molecule has 0 heterocycles. The molecule has 0 aliphatic carbocycles. The van der Waals surface area contributed by atoms with E-state index in [1.165, 1.54) is 0 Å². The van der Waals surface area contributed by atoms with Gasteiger partial charge in [0.25, 0.3) is 5.91 Å². The van der Waals surface area contributed by atoms with Crippen molar-refractivity contribution < 1.29 is 19.0 Å². The van der Waals surface area contributed by atoms with E-state index in [0.717, 1.165) is 6.42 Å². The number of hydrogen-bond acceptors (Lipinski definition) is 5. The molecule has 0 atom stereocenters. The Labute approximate surface area is 125 Å². The zero-order chi connectivity index (χ0) is 15.7. The normalized spacial score (nSPS) is 10.3. The summed E-state index contributed by atoms with van der Waals surface area (Å²) in [5, 5.41) is 0. The molecule has 6 heteroatoms. The lowest BCUT2D eigenvalue weighted by Gasteiger charge is -2.22. The molecule has 1 amide bonds. The SMILES string of the molecule is COCCN(CCCN)C(=O)c1ccc(OC)c(OC)c1. The van der Waals surface area contributed by atoms with Crippen LogP contribution in [0.2, 0.25) is 0 Å². The van der Waals surface area contributed by atoms with E-state index in [1.807, 2.05) is 0 Å². The summed E-state index contributed by atoms with van der Waals surface area (Å²) in [7, 11) is 4.72. The van der Waals surface area contributed by atoms with Crippen molar-refractivity contribution in [3.8, 4) is 11.5 Å². The molecule has 6 nitrogen and oxygen atoms in total. The van der Waals surface area contributed by atoms with Gasteiger partial charge in [0, 0.05) is 25.8 Å². The molecule has 0 unspecified atom stereocenters. The summed E-state index contributed by atoms with van der Waals surface area (Å²) in [5.41, 5.74) is 6.08. The summed E-state index contributed by atoms with van der Waals surface area (Å²) in [5.74, 6) is 1.06. The monoisotopic (exact) mass is 296 g/mol. The average molecular weight is 296 g/mol. The van der Waals surface area contributed by atoms with Crippen molar-refractivity contribution in [2.75, 3.05) is 47.6 Å². The van der Waals surface area contributed by atoms with Gasteiger partial charge in [-0.2, -0.15) is 0 Å². The summed E-state index contributed by atoms with van der Waals surface area (Å²) < 4.78 is 15.5. The van der Waals surface area contributed by atoms with Crippen LogP contribution < -0.4 is 15.2 Å². The number of carbonyl (C=O) groups is 1. The van der Waals surface area contributed by atoms with Crippen molar-refractivity contribution >= 4 is 5.91 Å². The maximum absolute atomic E-state index is 12.6. The van der Waals surface area contributed by atoms with E-state index in [1.54, 1.807) is 44.4 Å². The highest BCUT2D eigenvalue weighted by molar-refractivity contribution is 5.95. The molecule has 2 N–H and O–H groups in total. The Kier molecular flexibility index (Phi) is 7.56. The van der Waals surface area contributed by atoms with Gasteiger partial charge in [-0.05, 0) is 31.2 Å². The van der Waals surface area contributed by atoms with E-state index in [9.17, 15) is 4.79 Å². The van der Waals surface area contributed by atoms with Crippen LogP contribution in [0.15, 0.2) is 18.2 Å². The highest BCUT2D eigenvalue weighted by atomic mass is 16.5. The van der Waals surface area contributed by atoms with Crippen LogP contribution in [0.3, 0.4) is 0 Å². The quantitative estimate of drug-likeness (QED) is 0.740. The highest BCUT2D eigenvalue weighted by Crippen LogP contribution is 2.28. The lowest BCUT2D eigenvalue weighted by atomic mass is 10.1. The van der Waals surface area contributed by atoms with Gasteiger partial charge in [-0.3, -0.25) is 4.79 Å². The zero-order valence-corrected chi connectivity index (χ0v) is 12.9. The van der Waals surface area contributed by atoms with Crippen molar-refractivity contribution in [1.29, 1.82) is 0 Å². The number of nitrogens with two attached hydrogens (primary N) is 1. The van der Waals surface area contributed by atoms with Crippen molar-refractivity contribution in [3.05, 3.63) is 23.8 Å². The van der Waals surface area contributed by atoms with Gasteiger partial charge in [0.2, 0.25) is 0 Å². The molecule has 0 aliphatic rings. The second-order valence-corrected chi connectivity index (χ2v) is 4.50. The molecule has 0 fully saturated rings. The van der Waals surface area contributed by atoms with Crippen LogP contribution in [0.1, 0.15) is 16.8 Å². The number of amides is 1. The minimum atomic E-state index is -0.0681. The Morgan fingerprint density at radius 2 is 1.86 bits per heavy atom. The number of methoxy groups -OCH3 is 3.